The summed E-state index contributed by atoms with van der Waals surface area (Å²) in [5.74, 6) is 0.471. The number of H-pyrrole nitrogens is 1. The lowest BCUT2D eigenvalue weighted by atomic mass is 10.1. The lowest BCUT2D eigenvalue weighted by Gasteiger charge is -2.16. The molecule has 1 aliphatic heterocycles. The Morgan fingerprint density at radius 2 is 2.11 bits per heavy atom. The normalized spacial score (nSPS) is 20.5. The van der Waals surface area contributed by atoms with E-state index in [0.29, 0.717) is 17.0 Å². The maximum absolute atomic E-state index is 14.9. The fraction of sp³-hybridized carbons (Fsp3) is 0.500. The number of anilines is 2. The van der Waals surface area contributed by atoms with Crippen LogP contribution in [0, 0.1) is 6.92 Å². The Bertz CT molecular complexity index is 1200. The summed E-state index contributed by atoms with van der Waals surface area (Å²) in [5, 5.41) is 12.2. The number of carbonyl (C=O) groups is 1. The number of aryl methyl sites for hydroxylation is 1. The molecule has 1 aliphatic rings. The lowest BCUT2D eigenvalue weighted by molar-refractivity contribution is -0.330. The van der Waals surface area contributed by atoms with Gasteiger partial charge in [-0.25, -0.2) is 19.2 Å². The first-order chi connectivity index (χ1) is 16.5. The third-order valence-corrected chi connectivity index (χ3v) is 4.91. The van der Waals surface area contributed by atoms with E-state index in [9.17, 15) is 22.4 Å². The molecule has 4 rings (SSSR count). The zero-order valence-electron chi connectivity index (χ0n) is 18.9. The number of amides is 1. The van der Waals surface area contributed by atoms with E-state index in [2.05, 4.69) is 35.5 Å². The van der Waals surface area contributed by atoms with E-state index < -0.39 is 37.4 Å². The fourth-order valence-electron chi connectivity index (χ4n) is 3.48. The maximum atomic E-state index is 14.9. The van der Waals surface area contributed by atoms with Crippen LogP contribution in [0.4, 0.5) is 34.1 Å². The number of fused-ring (bicyclic) bond motifs is 1. The van der Waals surface area contributed by atoms with E-state index in [1.807, 2.05) is 0 Å². The number of alkyl carbamates (subject to hydrolysis) is 1. The first-order valence-corrected chi connectivity index (χ1v) is 10.6. The second-order valence-corrected chi connectivity index (χ2v) is 8.19. The molecule has 11 nitrogen and oxygen atoms in total. The van der Waals surface area contributed by atoms with Crippen LogP contribution < -0.4 is 10.6 Å². The molecule has 0 aliphatic carbocycles. The van der Waals surface area contributed by atoms with Gasteiger partial charge in [0.25, 0.3) is 0 Å². The summed E-state index contributed by atoms with van der Waals surface area (Å²) < 4.78 is 67.8. The Hall–Kier alpha value is -3.46. The van der Waals surface area contributed by atoms with Gasteiger partial charge in [0.05, 0.1) is 24.6 Å². The van der Waals surface area contributed by atoms with E-state index >= 15 is 0 Å². The molecule has 35 heavy (non-hydrogen) atoms. The van der Waals surface area contributed by atoms with Crippen LogP contribution >= 0.6 is 0 Å². The minimum Gasteiger partial charge on any atom is -0.441 e. The first-order valence-electron chi connectivity index (χ1n) is 10.6. The Balaban J connectivity index is 1.46. The van der Waals surface area contributed by atoms with Crippen molar-refractivity contribution in [1.82, 2.24) is 29.9 Å². The minimum atomic E-state index is -4.78. The van der Waals surface area contributed by atoms with Gasteiger partial charge in [0.15, 0.2) is 18.1 Å². The van der Waals surface area contributed by atoms with Crippen molar-refractivity contribution >= 4 is 23.5 Å². The van der Waals surface area contributed by atoms with Crippen molar-refractivity contribution in [3.05, 3.63) is 35.4 Å². The number of nitrogens with zero attached hydrogens (tertiary/aromatic N) is 4. The summed E-state index contributed by atoms with van der Waals surface area (Å²) in [6.07, 6.45) is -7.92. The largest absolute Gasteiger partial charge is 0.522 e. The molecule has 0 bridgehead atoms. The number of hydrogen-bond donors (Lipinski definition) is 3. The molecule has 3 aromatic heterocycles. The number of aromatic nitrogens is 5. The standard InChI is InChI=1S/C20H23F4N7O4/c1-9(2)25-19(32)35-13-8-33-17(16(13)21)12-5-14(30-29-12)28-18-26-10(3)4-15-27-11(6-31(15)18)7-34-20(22,23)24/h4-6,9,13,16-17H,7-8H2,1-3H3,(H,25,32)(H2,26,28,29,30)/t13-,16+,17-/m1/s1. The smallest absolute Gasteiger partial charge is 0.441 e. The zero-order chi connectivity index (χ0) is 25.3. The number of carbonyl (C=O) groups excluding carboxylic acids is 1. The third kappa shape index (κ3) is 5.97. The lowest BCUT2D eigenvalue weighted by Crippen LogP contribution is -2.36. The van der Waals surface area contributed by atoms with E-state index in [4.69, 9.17) is 9.47 Å². The summed E-state index contributed by atoms with van der Waals surface area (Å²) in [6.45, 7) is 4.30. The second kappa shape index (κ2) is 9.65. The van der Waals surface area contributed by atoms with Crippen molar-refractivity contribution in [1.29, 1.82) is 0 Å². The molecule has 1 amide bonds. The van der Waals surface area contributed by atoms with Gasteiger partial charge < -0.3 is 20.1 Å². The second-order valence-electron chi connectivity index (χ2n) is 8.19. The molecule has 1 fully saturated rings. The van der Waals surface area contributed by atoms with Crippen LogP contribution in [-0.2, 0) is 20.8 Å². The quantitative estimate of drug-likeness (QED) is 0.420. The highest BCUT2D eigenvalue weighted by atomic mass is 19.4. The first kappa shape index (κ1) is 24.7. The van der Waals surface area contributed by atoms with Gasteiger partial charge in [-0.3, -0.25) is 14.2 Å². The molecule has 3 atom stereocenters. The van der Waals surface area contributed by atoms with Gasteiger partial charge in [-0.1, -0.05) is 0 Å². The molecule has 0 spiro atoms. The Kier molecular flexibility index (Phi) is 6.80. The highest BCUT2D eigenvalue weighted by molar-refractivity contribution is 5.67. The molecule has 15 heteroatoms. The number of hydrogen-bond acceptors (Lipinski definition) is 8. The van der Waals surface area contributed by atoms with Gasteiger partial charge in [0.1, 0.15) is 11.8 Å². The van der Waals surface area contributed by atoms with E-state index in [1.54, 1.807) is 26.8 Å². The van der Waals surface area contributed by atoms with E-state index in [1.165, 1.54) is 16.7 Å². The summed E-state index contributed by atoms with van der Waals surface area (Å²) >= 11 is 0. The fourth-order valence-corrected chi connectivity index (χ4v) is 3.48. The number of ether oxygens (including phenoxy) is 3. The van der Waals surface area contributed by atoms with Crippen molar-refractivity contribution in [3.63, 3.8) is 0 Å². The Labute approximate surface area is 196 Å². The molecular weight excluding hydrogens is 478 g/mol. The average Bonchev–Trinajstić information content (AvgIpc) is 3.45. The van der Waals surface area contributed by atoms with Crippen LogP contribution in [0.5, 0.6) is 0 Å². The Morgan fingerprint density at radius 1 is 1.34 bits per heavy atom. The van der Waals surface area contributed by atoms with Crippen molar-refractivity contribution < 1.29 is 36.6 Å². The van der Waals surface area contributed by atoms with Crippen LogP contribution in [0.3, 0.4) is 0 Å². The van der Waals surface area contributed by atoms with E-state index in [-0.39, 0.29) is 30.1 Å². The number of nitrogens with one attached hydrogen (secondary N) is 3. The van der Waals surface area contributed by atoms with Crippen LogP contribution in [-0.4, -0.2) is 61.9 Å². The van der Waals surface area contributed by atoms with Crippen LogP contribution in [0.15, 0.2) is 18.3 Å². The number of rotatable bonds is 7. The number of halogens is 4. The molecule has 4 heterocycles. The average molecular weight is 501 g/mol. The van der Waals surface area contributed by atoms with Gasteiger partial charge in [-0.15, -0.1) is 13.2 Å². The summed E-state index contributed by atoms with van der Waals surface area (Å²) in [6, 6.07) is 2.92. The molecule has 0 saturated carbocycles. The molecule has 1 saturated heterocycles. The zero-order valence-corrected chi connectivity index (χ0v) is 18.9. The number of alkyl halides is 4. The SMILES string of the molecule is Cc1cc2nc(COC(F)(F)F)cn2c(Nc2cc([C@H]3OC[C@@H](OC(=O)NC(C)C)[C@@H]3F)[nH]n2)n1. The minimum absolute atomic E-state index is 0.0488. The molecule has 0 unspecified atom stereocenters. The van der Waals surface area contributed by atoms with Crippen molar-refractivity contribution in [2.45, 2.75) is 58.2 Å². The van der Waals surface area contributed by atoms with Crippen molar-refractivity contribution in [2.75, 3.05) is 11.9 Å². The summed E-state index contributed by atoms with van der Waals surface area (Å²) in [5.41, 5.74) is 1.24. The molecule has 3 aromatic rings. The summed E-state index contributed by atoms with van der Waals surface area (Å²) in [7, 11) is 0. The third-order valence-electron chi connectivity index (χ3n) is 4.91. The van der Waals surface area contributed by atoms with Gasteiger partial charge in [0.2, 0.25) is 5.95 Å². The molecule has 3 N–H and O–H groups in total. The summed E-state index contributed by atoms with van der Waals surface area (Å²) in [4.78, 5) is 20.2. The van der Waals surface area contributed by atoms with Crippen LogP contribution in [0.25, 0.3) is 5.65 Å². The van der Waals surface area contributed by atoms with E-state index in [0.717, 1.165) is 0 Å². The number of aromatic amines is 1. The predicted molar refractivity (Wildman–Crippen MR) is 113 cm³/mol. The highest BCUT2D eigenvalue weighted by Crippen LogP contribution is 2.33. The number of imidazole rings is 1. The van der Waals surface area contributed by atoms with Crippen LogP contribution in [0.2, 0.25) is 0 Å². The van der Waals surface area contributed by atoms with Gasteiger partial charge in [-0.05, 0) is 20.8 Å². The predicted octanol–water partition coefficient (Wildman–Crippen LogP) is 3.45. The van der Waals surface area contributed by atoms with Gasteiger partial charge in [0, 0.05) is 30.1 Å². The van der Waals surface area contributed by atoms with Gasteiger partial charge in [-0.2, -0.15) is 5.10 Å². The Morgan fingerprint density at radius 3 is 2.83 bits per heavy atom. The highest BCUT2D eigenvalue weighted by Gasteiger charge is 2.42. The maximum Gasteiger partial charge on any atom is 0.522 e. The van der Waals surface area contributed by atoms with Crippen LogP contribution in [0.1, 0.15) is 37.0 Å². The monoisotopic (exact) mass is 501 g/mol. The topological polar surface area (TPSA) is 128 Å². The molecule has 0 aromatic carbocycles. The molecular formula is C20H23F4N7O4. The molecule has 0 radical (unpaired) electrons. The van der Waals surface area contributed by atoms with Crippen molar-refractivity contribution in [2.24, 2.45) is 0 Å². The molecule has 190 valence electrons. The van der Waals surface area contributed by atoms with Crippen molar-refractivity contribution in [3.8, 4) is 0 Å². The van der Waals surface area contributed by atoms with Gasteiger partial charge >= 0.3 is 12.5 Å².